The molecule has 15 heteroatoms. The molecule has 0 atom stereocenters. The van der Waals surface area contributed by atoms with E-state index in [4.69, 9.17) is 15.6 Å². The van der Waals surface area contributed by atoms with Crippen LogP contribution in [0.25, 0.3) is 32.8 Å². The number of ether oxygens (including phenoxy) is 1. The number of aliphatic carboxylic acids is 1. The zero-order valence-electron chi connectivity index (χ0n) is 26.0. The number of aryl methyl sites for hydroxylation is 2. The third-order valence-electron chi connectivity index (χ3n) is 7.72. The smallest absolute Gasteiger partial charge is 0.417 e. The Balaban J connectivity index is 0.000000248. The van der Waals surface area contributed by atoms with Crippen LogP contribution < -0.4 is 16.2 Å². The Hall–Kier alpha value is -5.18. The summed E-state index contributed by atoms with van der Waals surface area (Å²) in [7, 11) is 1.46. The van der Waals surface area contributed by atoms with Gasteiger partial charge in [0.2, 0.25) is 0 Å². The van der Waals surface area contributed by atoms with Gasteiger partial charge in [0.1, 0.15) is 0 Å². The van der Waals surface area contributed by atoms with Gasteiger partial charge in [-0.05, 0) is 40.5 Å². The lowest BCUT2D eigenvalue weighted by Gasteiger charge is -2.29. The number of nitrogens with two attached hydrogens (primary N) is 1. The molecule has 6 rings (SSSR count). The fourth-order valence-electron chi connectivity index (χ4n) is 5.59. The molecule has 0 spiro atoms. The van der Waals surface area contributed by atoms with Crippen molar-refractivity contribution < 1.29 is 45.4 Å². The quantitative estimate of drug-likeness (QED) is 0.187. The minimum atomic E-state index is -4.74. The number of benzene rings is 3. The Bertz CT molecular complexity index is 1990. The van der Waals surface area contributed by atoms with Crippen LogP contribution in [0.3, 0.4) is 0 Å². The number of fused-ring (bicyclic) bond motifs is 2. The SMILES string of the molecule is Cn1c(=O)c(-c2cccc3c(CCC(=O)O)cccc23)c(C(F)(F)F)c2ccccc21.FC(F)F.Nc1nccc(N2CCOCC2)c1F. The first-order chi connectivity index (χ1) is 23.2. The molecular formula is C34H31F7N4O4. The van der Waals surface area contributed by atoms with Gasteiger partial charge >= 0.3 is 18.8 Å². The number of aromatic nitrogens is 2. The van der Waals surface area contributed by atoms with Crippen molar-refractivity contribution in [2.45, 2.75) is 25.7 Å². The van der Waals surface area contributed by atoms with Gasteiger partial charge in [-0.2, -0.15) is 26.3 Å². The highest BCUT2D eigenvalue weighted by atomic mass is 19.4. The number of carbonyl (C=O) groups is 1. The van der Waals surface area contributed by atoms with Crippen LogP contribution in [-0.2, 0) is 29.2 Å². The summed E-state index contributed by atoms with van der Waals surface area (Å²) in [5.74, 6) is -1.45. The topological polar surface area (TPSA) is 111 Å². The Labute approximate surface area is 275 Å². The molecule has 5 aromatic rings. The summed E-state index contributed by atoms with van der Waals surface area (Å²) in [6.07, 6.45) is -3.10. The molecule has 0 bridgehead atoms. The van der Waals surface area contributed by atoms with Gasteiger partial charge in [0.25, 0.3) is 5.56 Å². The van der Waals surface area contributed by atoms with Crippen molar-refractivity contribution in [1.29, 1.82) is 0 Å². The van der Waals surface area contributed by atoms with E-state index >= 15 is 0 Å². The molecule has 1 fully saturated rings. The maximum absolute atomic E-state index is 14.3. The second-order valence-corrected chi connectivity index (χ2v) is 10.7. The summed E-state index contributed by atoms with van der Waals surface area (Å²) in [5, 5.41) is 10.1. The van der Waals surface area contributed by atoms with Crippen LogP contribution in [0.2, 0.25) is 0 Å². The molecule has 3 N–H and O–H groups in total. The van der Waals surface area contributed by atoms with Gasteiger partial charge in [-0.3, -0.25) is 9.59 Å². The molecule has 3 aromatic carbocycles. The van der Waals surface area contributed by atoms with Gasteiger partial charge < -0.3 is 25.0 Å². The highest BCUT2D eigenvalue weighted by Gasteiger charge is 2.38. The second kappa shape index (κ2) is 15.8. The van der Waals surface area contributed by atoms with Gasteiger partial charge in [-0.25, -0.2) is 9.37 Å². The number of hydrogen-bond donors (Lipinski definition) is 2. The molecule has 0 saturated carbocycles. The van der Waals surface area contributed by atoms with Crippen molar-refractivity contribution in [3.8, 4) is 11.1 Å². The molecule has 0 radical (unpaired) electrons. The summed E-state index contributed by atoms with van der Waals surface area (Å²) in [4.78, 5) is 29.8. The van der Waals surface area contributed by atoms with E-state index in [1.807, 2.05) is 4.90 Å². The fourth-order valence-corrected chi connectivity index (χ4v) is 5.59. The zero-order chi connectivity index (χ0) is 35.9. The largest absolute Gasteiger partial charge is 0.481 e. The van der Waals surface area contributed by atoms with E-state index in [1.165, 1.54) is 42.1 Å². The minimum Gasteiger partial charge on any atom is -0.481 e. The molecule has 2 aromatic heterocycles. The predicted octanol–water partition coefficient (Wildman–Crippen LogP) is 7.21. The van der Waals surface area contributed by atoms with Gasteiger partial charge in [-0.1, -0.05) is 54.6 Å². The number of nitrogens with zero attached hydrogens (tertiary/aromatic N) is 3. The molecule has 3 heterocycles. The number of rotatable bonds is 5. The maximum Gasteiger partial charge on any atom is 0.417 e. The van der Waals surface area contributed by atoms with Gasteiger partial charge in [0.15, 0.2) is 11.6 Å². The number of alkyl halides is 6. The lowest BCUT2D eigenvalue weighted by atomic mass is 9.91. The fraction of sp³-hybridized carbons (Fsp3) is 0.265. The molecule has 0 unspecified atom stereocenters. The third-order valence-corrected chi connectivity index (χ3v) is 7.72. The minimum absolute atomic E-state index is 0.0472. The Morgan fingerprint density at radius 2 is 1.57 bits per heavy atom. The van der Waals surface area contributed by atoms with E-state index in [-0.39, 0.29) is 35.1 Å². The van der Waals surface area contributed by atoms with Crippen molar-refractivity contribution in [2.75, 3.05) is 36.9 Å². The number of morpholine rings is 1. The highest BCUT2D eigenvalue weighted by molar-refractivity contribution is 6.01. The van der Waals surface area contributed by atoms with E-state index in [9.17, 15) is 40.3 Å². The monoisotopic (exact) mass is 692 g/mol. The molecular weight excluding hydrogens is 661 g/mol. The Kier molecular flexibility index (Phi) is 11.8. The van der Waals surface area contributed by atoms with Crippen molar-refractivity contribution in [3.63, 3.8) is 0 Å². The summed E-state index contributed by atoms with van der Waals surface area (Å²) < 4.78 is 91.7. The number of pyridine rings is 2. The van der Waals surface area contributed by atoms with Crippen LogP contribution in [0, 0.1) is 5.82 Å². The van der Waals surface area contributed by atoms with Gasteiger partial charge in [0.05, 0.1) is 35.5 Å². The second-order valence-electron chi connectivity index (χ2n) is 10.7. The summed E-state index contributed by atoms with van der Waals surface area (Å²) >= 11 is 0. The number of halogens is 7. The van der Waals surface area contributed by atoms with Crippen molar-refractivity contribution in [1.82, 2.24) is 9.55 Å². The van der Waals surface area contributed by atoms with Crippen molar-refractivity contribution in [3.05, 3.63) is 100 Å². The lowest BCUT2D eigenvalue weighted by molar-refractivity contribution is -0.137. The van der Waals surface area contributed by atoms with Gasteiger partial charge in [-0.15, -0.1) is 0 Å². The summed E-state index contributed by atoms with van der Waals surface area (Å²) in [6, 6.07) is 17.5. The maximum atomic E-state index is 14.3. The standard InChI is InChI=1S/C24H18F3NO3.C9H12FN3O.CHF3/c1-28-19-11-3-2-7-18(19)22(24(25,26)27)21(23(28)31)17-10-5-8-15-14(12-13-20(29)30)6-4-9-16(15)17;10-8-7(1-2-12-9(8)11)13-3-5-14-6-4-13;2-1(3)4/h2-11H,12-13H2,1H3,(H,29,30);1-2H,3-6H2,(H2,11,12);1H. The van der Waals surface area contributed by atoms with Crippen LogP contribution in [0.4, 0.5) is 42.2 Å². The van der Waals surface area contributed by atoms with Crippen molar-refractivity contribution >= 4 is 39.1 Å². The van der Waals surface area contributed by atoms with E-state index in [1.54, 1.807) is 42.5 Å². The van der Waals surface area contributed by atoms with E-state index in [2.05, 4.69) is 4.98 Å². The van der Waals surface area contributed by atoms with E-state index in [0.717, 1.165) is 0 Å². The Morgan fingerprint density at radius 3 is 2.22 bits per heavy atom. The number of nitrogen functional groups attached to an aromatic ring is 1. The van der Waals surface area contributed by atoms with E-state index in [0.29, 0.717) is 48.3 Å². The average Bonchev–Trinajstić information content (AvgIpc) is 3.06. The molecule has 1 aliphatic rings. The molecule has 49 heavy (non-hydrogen) atoms. The highest BCUT2D eigenvalue weighted by Crippen LogP contribution is 2.42. The third kappa shape index (κ3) is 8.65. The average molecular weight is 693 g/mol. The number of carboxylic acids is 1. The first-order valence-electron chi connectivity index (χ1n) is 14.8. The Morgan fingerprint density at radius 1 is 0.959 bits per heavy atom. The molecule has 1 aliphatic heterocycles. The molecule has 0 aliphatic carbocycles. The molecule has 8 nitrogen and oxygen atoms in total. The zero-order valence-corrected chi connectivity index (χ0v) is 26.0. The summed E-state index contributed by atoms with van der Waals surface area (Å²) in [6.45, 7) is -1.02. The molecule has 1 saturated heterocycles. The van der Waals surface area contributed by atoms with Crippen LogP contribution in [0.15, 0.2) is 77.7 Å². The number of anilines is 2. The first-order valence-corrected chi connectivity index (χ1v) is 14.8. The molecule has 260 valence electrons. The predicted molar refractivity (Wildman–Crippen MR) is 172 cm³/mol. The van der Waals surface area contributed by atoms with E-state index < -0.39 is 41.3 Å². The normalized spacial score (nSPS) is 13.1. The van der Waals surface area contributed by atoms with Crippen LogP contribution in [0.1, 0.15) is 17.5 Å². The van der Waals surface area contributed by atoms with Crippen LogP contribution >= 0.6 is 0 Å². The summed E-state index contributed by atoms with van der Waals surface area (Å²) in [5.41, 5.74) is 4.86. The van der Waals surface area contributed by atoms with Gasteiger partial charge in [0, 0.05) is 38.1 Å². The first kappa shape index (κ1) is 36.7. The number of para-hydroxylation sites is 1. The molecule has 0 amide bonds. The van der Waals surface area contributed by atoms with Crippen molar-refractivity contribution in [2.24, 2.45) is 7.05 Å². The van der Waals surface area contributed by atoms with Crippen LogP contribution in [0.5, 0.6) is 0 Å². The number of hydrogen-bond acceptors (Lipinski definition) is 6. The van der Waals surface area contributed by atoms with Crippen LogP contribution in [-0.4, -0.2) is 53.6 Å². The number of carboxylic acid groups (broad SMARTS) is 1. The lowest BCUT2D eigenvalue weighted by Crippen LogP contribution is -2.36.